The molecule has 0 spiro atoms. The number of hydrogen-bond acceptors (Lipinski definition) is 3. The van der Waals surface area contributed by atoms with E-state index in [0.29, 0.717) is 23.8 Å². The van der Waals surface area contributed by atoms with Crippen LogP contribution >= 0.6 is 0 Å². The van der Waals surface area contributed by atoms with Gasteiger partial charge in [0.1, 0.15) is 11.5 Å². The first-order chi connectivity index (χ1) is 9.79. The Morgan fingerprint density at radius 2 is 2.15 bits per heavy atom. The summed E-state index contributed by atoms with van der Waals surface area (Å²) in [5.41, 5.74) is 0.662. The molecular formula is C16H17NO3. The van der Waals surface area contributed by atoms with Crippen LogP contribution in [0.5, 0.6) is 5.75 Å². The molecule has 1 amide bonds. The third-order valence-electron chi connectivity index (χ3n) is 2.55. The average Bonchev–Trinajstić information content (AvgIpc) is 2.97. The van der Waals surface area contributed by atoms with Gasteiger partial charge in [-0.1, -0.05) is 19.1 Å². The molecule has 2 rings (SSSR count). The van der Waals surface area contributed by atoms with E-state index in [1.165, 1.54) is 6.08 Å². The van der Waals surface area contributed by atoms with Crippen molar-refractivity contribution in [1.82, 2.24) is 0 Å². The normalized spacial score (nSPS) is 10.7. The van der Waals surface area contributed by atoms with Gasteiger partial charge in [-0.05, 0) is 36.8 Å². The summed E-state index contributed by atoms with van der Waals surface area (Å²) in [5, 5.41) is 2.79. The van der Waals surface area contributed by atoms with Gasteiger partial charge < -0.3 is 14.5 Å². The maximum absolute atomic E-state index is 11.8. The van der Waals surface area contributed by atoms with E-state index in [1.807, 2.05) is 31.2 Å². The van der Waals surface area contributed by atoms with Crippen LogP contribution in [0.2, 0.25) is 0 Å². The summed E-state index contributed by atoms with van der Waals surface area (Å²) in [7, 11) is 0. The van der Waals surface area contributed by atoms with Gasteiger partial charge >= 0.3 is 0 Å². The van der Waals surface area contributed by atoms with Gasteiger partial charge in [-0.25, -0.2) is 0 Å². The lowest BCUT2D eigenvalue weighted by Crippen LogP contribution is -2.09. The molecule has 0 radical (unpaired) electrons. The van der Waals surface area contributed by atoms with Crippen LogP contribution in [0.4, 0.5) is 5.69 Å². The second-order valence-electron chi connectivity index (χ2n) is 4.18. The number of benzene rings is 1. The zero-order valence-corrected chi connectivity index (χ0v) is 11.3. The van der Waals surface area contributed by atoms with Gasteiger partial charge in [-0.15, -0.1) is 0 Å². The first-order valence-corrected chi connectivity index (χ1v) is 6.54. The predicted molar refractivity (Wildman–Crippen MR) is 78.6 cm³/mol. The molecule has 0 fully saturated rings. The highest BCUT2D eigenvalue weighted by atomic mass is 16.5. The molecule has 0 aliphatic rings. The van der Waals surface area contributed by atoms with Crippen LogP contribution in [0.25, 0.3) is 6.08 Å². The standard InChI is InChI=1S/C16H17NO3/c1-2-11-20-15-8-4-3-7-14(15)17-16(18)10-9-13-6-5-12-19-13/h3-10,12H,2,11H2,1H3,(H,17,18)/b10-9+. The Morgan fingerprint density at radius 1 is 1.30 bits per heavy atom. The van der Waals surface area contributed by atoms with E-state index < -0.39 is 0 Å². The molecule has 1 aromatic heterocycles. The van der Waals surface area contributed by atoms with Crippen LogP contribution in [0, 0.1) is 0 Å². The third kappa shape index (κ3) is 4.02. The van der Waals surface area contributed by atoms with Gasteiger partial charge in [-0.2, -0.15) is 0 Å². The highest BCUT2D eigenvalue weighted by Crippen LogP contribution is 2.23. The monoisotopic (exact) mass is 271 g/mol. The number of nitrogens with one attached hydrogen (secondary N) is 1. The van der Waals surface area contributed by atoms with Crippen molar-refractivity contribution >= 4 is 17.7 Å². The van der Waals surface area contributed by atoms with E-state index in [9.17, 15) is 4.79 Å². The quantitative estimate of drug-likeness (QED) is 0.815. The van der Waals surface area contributed by atoms with Crippen LogP contribution in [-0.2, 0) is 4.79 Å². The number of ether oxygens (including phenoxy) is 1. The Balaban J connectivity index is 2.00. The zero-order chi connectivity index (χ0) is 14.2. The minimum atomic E-state index is -0.228. The Labute approximate surface area is 118 Å². The molecule has 4 nitrogen and oxygen atoms in total. The van der Waals surface area contributed by atoms with Crippen molar-refractivity contribution in [2.75, 3.05) is 11.9 Å². The van der Waals surface area contributed by atoms with E-state index in [0.717, 1.165) is 6.42 Å². The van der Waals surface area contributed by atoms with Crippen molar-refractivity contribution in [3.63, 3.8) is 0 Å². The molecule has 0 atom stereocenters. The number of rotatable bonds is 6. The van der Waals surface area contributed by atoms with Crippen molar-refractivity contribution in [2.24, 2.45) is 0 Å². The highest BCUT2D eigenvalue weighted by Gasteiger charge is 2.05. The molecular weight excluding hydrogens is 254 g/mol. The number of furan rings is 1. The van der Waals surface area contributed by atoms with E-state index in [1.54, 1.807) is 24.5 Å². The van der Waals surface area contributed by atoms with Gasteiger partial charge in [0.2, 0.25) is 5.91 Å². The van der Waals surface area contributed by atoms with Crippen LogP contribution < -0.4 is 10.1 Å². The van der Waals surface area contributed by atoms with Gasteiger partial charge in [0.25, 0.3) is 0 Å². The SMILES string of the molecule is CCCOc1ccccc1NC(=O)/C=C/c1ccco1. The Hall–Kier alpha value is -2.49. The molecule has 2 aromatic rings. The summed E-state index contributed by atoms with van der Waals surface area (Å²) < 4.78 is 10.7. The number of carbonyl (C=O) groups is 1. The molecule has 4 heteroatoms. The van der Waals surface area contributed by atoms with Crippen molar-refractivity contribution in [2.45, 2.75) is 13.3 Å². The lowest BCUT2D eigenvalue weighted by atomic mass is 10.3. The Bertz CT molecular complexity index is 573. The third-order valence-corrected chi connectivity index (χ3v) is 2.55. The fourth-order valence-corrected chi connectivity index (χ4v) is 1.63. The number of hydrogen-bond donors (Lipinski definition) is 1. The van der Waals surface area contributed by atoms with Gasteiger partial charge in [0.15, 0.2) is 0 Å². The maximum Gasteiger partial charge on any atom is 0.248 e. The van der Waals surface area contributed by atoms with Gasteiger partial charge in [-0.3, -0.25) is 4.79 Å². The van der Waals surface area contributed by atoms with Crippen molar-refractivity contribution < 1.29 is 13.9 Å². The van der Waals surface area contributed by atoms with E-state index >= 15 is 0 Å². The maximum atomic E-state index is 11.8. The summed E-state index contributed by atoms with van der Waals surface area (Å²) >= 11 is 0. The molecule has 0 saturated carbocycles. The van der Waals surface area contributed by atoms with Crippen LogP contribution in [0.1, 0.15) is 19.1 Å². The van der Waals surface area contributed by atoms with E-state index in [2.05, 4.69) is 5.32 Å². The number of anilines is 1. The molecule has 104 valence electrons. The lowest BCUT2D eigenvalue weighted by Gasteiger charge is -2.10. The zero-order valence-electron chi connectivity index (χ0n) is 11.3. The highest BCUT2D eigenvalue weighted by molar-refractivity contribution is 6.02. The molecule has 0 aliphatic heterocycles. The molecule has 0 unspecified atom stereocenters. The molecule has 0 bridgehead atoms. The summed E-state index contributed by atoms with van der Waals surface area (Å²) in [5.74, 6) is 1.08. The summed E-state index contributed by atoms with van der Waals surface area (Å²) in [6, 6.07) is 10.9. The minimum absolute atomic E-state index is 0.228. The molecule has 1 N–H and O–H groups in total. The average molecular weight is 271 g/mol. The van der Waals surface area contributed by atoms with E-state index in [4.69, 9.17) is 9.15 Å². The molecule has 1 heterocycles. The summed E-state index contributed by atoms with van der Waals surface area (Å²) in [4.78, 5) is 11.8. The lowest BCUT2D eigenvalue weighted by molar-refractivity contribution is -0.111. The van der Waals surface area contributed by atoms with Crippen LogP contribution in [0.3, 0.4) is 0 Å². The Morgan fingerprint density at radius 3 is 2.90 bits per heavy atom. The second kappa shape index (κ2) is 7.19. The molecule has 0 aliphatic carbocycles. The fourth-order valence-electron chi connectivity index (χ4n) is 1.63. The van der Waals surface area contributed by atoms with Crippen molar-refractivity contribution in [1.29, 1.82) is 0 Å². The second-order valence-corrected chi connectivity index (χ2v) is 4.18. The van der Waals surface area contributed by atoms with Crippen molar-refractivity contribution in [3.8, 4) is 5.75 Å². The number of amides is 1. The van der Waals surface area contributed by atoms with Crippen LogP contribution in [0.15, 0.2) is 53.2 Å². The largest absolute Gasteiger partial charge is 0.491 e. The first-order valence-electron chi connectivity index (χ1n) is 6.54. The van der Waals surface area contributed by atoms with Crippen molar-refractivity contribution in [3.05, 3.63) is 54.5 Å². The topological polar surface area (TPSA) is 51.5 Å². The minimum Gasteiger partial charge on any atom is -0.491 e. The molecule has 20 heavy (non-hydrogen) atoms. The smallest absolute Gasteiger partial charge is 0.248 e. The molecule has 0 saturated heterocycles. The molecule has 1 aromatic carbocycles. The predicted octanol–water partition coefficient (Wildman–Crippen LogP) is 3.72. The van der Waals surface area contributed by atoms with Gasteiger partial charge in [0.05, 0.1) is 18.6 Å². The summed E-state index contributed by atoms with van der Waals surface area (Å²) in [6.45, 7) is 2.66. The van der Waals surface area contributed by atoms with Gasteiger partial charge in [0, 0.05) is 6.08 Å². The van der Waals surface area contributed by atoms with Crippen LogP contribution in [-0.4, -0.2) is 12.5 Å². The number of para-hydroxylation sites is 2. The number of carbonyl (C=O) groups excluding carboxylic acids is 1. The first kappa shape index (κ1) is 13.9. The fraction of sp³-hybridized carbons (Fsp3) is 0.188. The summed E-state index contributed by atoms with van der Waals surface area (Å²) in [6.07, 6.45) is 5.52. The van der Waals surface area contributed by atoms with E-state index in [-0.39, 0.29) is 5.91 Å². The Kier molecular flexibility index (Phi) is 5.00.